The number of nitrogens with zero attached hydrogens (tertiary/aromatic N) is 3. The molecule has 4 nitrogen and oxygen atoms in total. The lowest BCUT2D eigenvalue weighted by molar-refractivity contribution is -0.134. The number of carbonyl (C=O) groups is 1. The second kappa shape index (κ2) is 6.71. The normalized spacial score (nSPS) is 27.7. The van der Waals surface area contributed by atoms with Gasteiger partial charge in [-0.05, 0) is 45.8 Å². The smallest absolute Gasteiger partial charge is 0.223 e. The fourth-order valence-corrected chi connectivity index (χ4v) is 2.97. The molecule has 2 heterocycles. The molecule has 0 aromatic carbocycles. The molecule has 0 aromatic heterocycles. The number of likely N-dealkylation sites (tertiary alicyclic amines) is 1. The summed E-state index contributed by atoms with van der Waals surface area (Å²) in [6, 6.07) is 0.494. The summed E-state index contributed by atoms with van der Waals surface area (Å²) in [6.45, 7) is 10.6. The Morgan fingerprint density at radius 1 is 1.11 bits per heavy atom. The van der Waals surface area contributed by atoms with Crippen LogP contribution in [0.3, 0.4) is 0 Å². The first-order chi connectivity index (χ1) is 9.06. The molecule has 2 rings (SSSR count). The maximum atomic E-state index is 12.2. The first-order valence-electron chi connectivity index (χ1n) is 7.76. The Kier molecular flexibility index (Phi) is 5.22. The molecule has 0 aliphatic carbocycles. The molecule has 2 aliphatic heterocycles. The largest absolute Gasteiger partial charge is 0.340 e. The number of likely N-dealkylation sites (N-methyl/N-ethyl adjacent to an activating group) is 1. The zero-order chi connectivity index (χ0) is 13.8. The predicted molar refractivity (Wildman–Crippen MR) is 78.1 cm³/mol. The molecule has 0 aromatic rings. The molecule has 0 radical (unpaired) electrons. The van der Waals surface area contributed by atoms with Crippen molar-refractivity contribution >= 4 is 5.91 Å². The highest BCUT2D eigenvalue weighted by Gasteiger charge is 2.24. The Hall–Kier alpha value is -0.610. The van der Waals surface area contributed by atoms with Gasteiger partial charge in [-0.15, -0.1) is 0 Å². The van der Waals surface area contributed by atoms with Crippen molar-refractivity contribution in [2.75, 3.05) is 46.3 Å². The SMILES string of the molecule is CC1CCN(CCC(=O)N2CCN(C)[C@H](C)C2)CC1. The van der Waals surface area contributed by atoms with Crippen molar-refractivity contribution in [3.05, 3.63) is 0 Å². The van der Waals surface area contributed by atoms with Gasteiger partial charge in [0.15, 0.2) is 0 Å². The van der Waals surface area contributed by atoms with Gasteiger partial charge in [0, 0.05) is 38.6 Å². The maximum Gasteiger partial charge on any atom is 0.223 e. The second-order valence-corrected chi connectivity index (χ2v) is 6.44. The van der Waals surface area contributed by atoms with Gasteiger partial charge >= 0.3 is 0 Å². The van der Waals surface area contributed by atoms with Gasteiger partial charge in [-0.25, -0.2) is 0 Å². The average molecular weight is 267 g/mol. The molecule has 2 fully saturated rings. The minimum Gasteiger partial charge on any atom is -0.340 e. The minimum absolute atomic E-state index is 0.346. The molecule has 0 N–H and O–H groups in total. The van der Waals surface area contributed by atoms with Crippen LogP contribution in [0.2, 0.25) is 0 Å². The highest BCUT2D eigenvalue weighted by molar-refractivity contribution is 5.76. The van der Waals surface area contributed by atoms with Crippen molar-refractivity contribution in [2.24, 2.45) is 5.92 Å². The molecule has 0 saturated carbocycles. The van der Waals surface area contributed by atoms with E-state index in [0.717, 1.165) is 32.1 Å². The molecule has 1 amide bonds. The zero-order valence-corrected chi connectivity index (χ0v) is 12.8. The number of piperazine rings is 1. The van der Waals surface area contributed by atoms with E-state index in [1.807, 2.05) is 0 Å². The van der Waals surface area contributed by atoms with Gasteiger partial charge in [-0.2, -0.15) is 0 Å². The third kappa shape index (κ3) is 4.18. The third-order valence-electron chi connectivity index (χ3n) is 4.83. The summed E-state index contributed by atoms with van der Waals surface area (Å²) in [5.41, 5.74) is 0. The Morgan fingerprint density at radius 3 is 2.42 bits per heavy atom. The number of hydrogen-bond donors (Lipinski definition) is 0. The van der Waals surface area contributed by atoms with E-state index < -0.39 is 0 Å². The lowest BCUT2D eigenvalue weighted by Gasteiger charge is -2.38. The van der Waals surface area contributed by atoms with Gasteiger partial charge in [-0.3, -0.25) is 4.79 Å². The first kappa shape index (κ1) is 14.8. The van der Waals surface area contributed by atoms with E-state index in [1.54, 1.807) is 0 Å². The van der Waals surface area contributed by atoms with Crippen LogP contribution in [0.4, 0.5) is 0 Å². The molecular weight excluding hydrogens is 238 g/mol. The number of piperidine rings is 1. The summed E-state index contributed by atoms with van der Waals surface area (Å²) in [5.74, 6) is 1.21. The second-order valence-electron chi connectivity index (χ2n) is 6.44. The van der Waals surface area contributed by atoms with Gasteiger partial charge in [0.25, 0.3) is 0 Å². The first-order valence-corrected chi connectivity index (χ1v) is 7.76. The lowest BCUT2D eigenvalue weighted by Crippen LogP contribution is -2.52. The molecule has 2 aliphatic rings. The summed E-state index contributed by atoms with van der Waals surface area (Å²) in [5, 5.41) is 0. The van der Waals surface area contributed by atoms with Crippen LogP contribution in [0.15, 0.2) is 0 Å². The predicted octanol–water partition coefficient (Wildman–Crippen LogP) is 1.27. The maximum absolute atomic E-state index is 12.2. The van der Waals surface area contributed by atoms with E-state index >= 15 is 0 Å². The van der Waals surface area contributed by atoms with Crippen LogP contribution in [0.1, 0.15) is 33.1 Å². The summed E-state index contributed by atoms with van der Waals surface area (Å²) >= 11 is 0. The quantitative estimate of drug-likeness (QED) is 0.770. The van der Waals surface area contributed by atoms with Gasteiger partial charge < -0.3 is 14.7 Å². The molecule has 4 heteroatoms. The Bertz CT molecular complexity index is 300. The van der Waals surface area contributed by atoms with Crippen molar-refractivity contribution in [3.63, 3.8) is 0 Å². The van der Waals surface area contributed by atoms with E-state index in [0.29, 0.717) is 18.4 Å². The van der Waals surface area contributed by atoms with Crippen molar-refractivity contribution in [1.29, 1.82) is 0 Å². The van der Waals surface area contributed by atoms with E-state index in [-0.39, 0.29) is 0 Å². The van der Waals surface area contributed by atoms with E-state index in [2.05, 4.69) is 35.6 Å². The van der Waals surface area contributed by atoms with Crippen LogP contribution in [-0.2, 0) is 4.79 Å². The van der Waals surface area contributed by atoms with Crippen LogP contribution in [0.25, 0.3) is 0 Å². The molecule has 0 bridgehead atoms. The molecule has 0 unspecified atom stereocenters. The summed E-state index contributed by atoms with van der Waals surface area (Å²) in [4.78, 5) is 19.1. The number of rotatable bonds is 3. The Balaban J connectivity index is 1.69. The monoisotopic (exact) mass is 267 g/mol. The van der Waals surface area contributed by atoms with E-state index in [9.17, 15) is 4.79 Å². The number of hydrogen-bond acceptors (Lipinski definition) is 3. The third-order valence-corrected chi connectivity index (χ3v) is 4.83. The average Bonchev–Trinajstić information content (AvgIpc) is 2.41. The molecule has 0 spiro atoms. The summed E-state index contributed by atoms with van der Waals surface area (Å²) in [7, 11) is 2.14. The van der Waals surface area contributed by atoms with Crippen molar-refractivity contribution < 1.29 is 4.79 Å². The van der Waals surface area contributed by atoms with E-state index in [4.69, 9.17) is 0 Å². The molecule has 1 atom stereocenters. The lowest BCUT2D eigenvalue weighted by atomic mass is 9.99. The molecule has 110 valence electrons. The Morgan fingerprint density at radius 2 is 1.79 bits per heavy atom. The topological polar surface area (TPSA) is 26.8 Å². The highest BCUT2D eigenvalue weighted by atomic mass is 16.2. The molecular formula is C15H29N3O. The fraction of sp³-hybridized carbons (Fsp3) is 0.933. The van der Waals surface area contributed by atoms with Gasteiger partial charge in [0.05, 0.1) is 0 Å². The number of carbonyl (C=O) groups excluding carboxylic acids is 1. The van der Waals surface area contributed by atoms with Crippen LogP contribution in [-0.4, -0.2) is 73.0 Å². The van der Waals surface area contributed by atoms with Crippen LogP contribution >= 0.6 is 0 Å². The highest BCUT2D eigenvalue weighted by Crippen LogP contribution is 2.16. The van der Waals surface area contributed by atoms with Crippen LogP contribution in [0.5, 0.6) is 0 Å². The van der Waals surface area contributed by atoms with Crippen molar-refractivity contribution in [3.8, 4) is 0 Å². The standard InChI is InChI=1S/C15H29N3O/c1-13-4-7-17(8-5-13)9-6-15(19)18-11-10-16(3)14(2)12-18/h13-14H,4-12H2,1-3H3/t14-/m1/s1. The molecule has 2 saturated heterocycles. The summed E-state index contributed by atoms with van der Waals surface area (Å²) < 4.78 is 0. The number of amides is 1. The van der Waals surface area contributed by atoms with Crippen molar-refractivity contribution in [1.82, 2.24) is 14.7 Å². The van der Waals surface area contributed by atoms with Gasteiger partial charge in [-0.1, -0.05) is 6.92 Å². The van der Waals surface area contributed by atoms with Crippen LogP contribution in [0, 0.1) is 5.92 Å². The van der Waals surface area contributed by atoms with Crippen molar-refractivity contribution in [2.45, 2.75) is 39.2 Å². The van der Waals surface area contributed by atoms with Gasteiger partial charge in [0.2, 0.25) is 5.91 Å². The van der Waals surface area contributed by atoms with Crippen LogP contribution < -0.4 is 0 Å². The Labute approximate surface area is 117 Å². The fourth-order valence-electron chi connectivity index (χ4n) is 2.97. The summed E-state index contributed by atoms with van der Waals surface area (Å²) in [6.07, 6.45) is 3.28. The van der Waals surface area contributed by atoms with E-state index in [1.165, 1.54) is 25.9 Å². The zero-order valence-electron chi connectivity index (χ0n) is 12.8. The molecule has 19 heavy (non-hydrogen) atoms. The minimum atomic E-state index is 0.346. The van der Waals surface area contributed by atoms with Gasteiger partial charge in [0.1, 0.15) is 0 Å².